The molecule has 0 unspecified atom stereocenters. The van der Waals surface area contributed by atoms with E-state index < -0.39 is 0 Å². The normalized spacial score (nSPS) is 8.88. The van der Waals surface area contributed by atoms with Crippen molar-refractivity contribution in [3.63, 3.8) is 0 Å². The van der Waals surface area contributed by atoms with Crippen LogP contribution in [0.2, 0.25) is 0 Å². The molecule has 0 atom stereocenters. The number of hydrogen-bond acceptors (Lipinski definition) is 1. The first-order valence-electron chi connectivity index (χ1n) is 5.53. The third-order valence-corrected chi connectivity index (χ3v) is 2.07. The molecule has 82 valence electrons. The van der Waals surface area contributed by atoms with Crippen molar-refractivity contribution >= 4 is 5.78 Å². The van der Waals surface area contributed by atoms with E-state index in [-0.39, 0.29) is 5.78 Å². The SMILES string of the molecule is CC.O=C(c1ccccc1)c1ccccc1. The van der Waals surface area contributed by atoms with Crippen LogP contribution in [0, 0.1) is 0 Å². The molecule has 0 aliphatic carbocycles. The zero-order chi connectivity index (χ0) is 11.8. The van der Waals surface area contributed by atoms with Crippen LogP contribution in [0.5, 0.6) is 0 Å². The fraction of sp³-hybridized carbons (Fsp3) is 0.133. The highest BCUT2D eigenvalue weighted by Crippen LogP contribution is 2.08. The van der Waals surface area contributed by atoms with Gasteiger partial charge in [0.1, 0.15) is 0 Å². The molecular formula is C15H16O. The minimum Gasteiger partial charge on any atom is -0.289 e. The first-order valence-corrected chi connectivity index (χ1v) is 5.53. The van der Waals surface area contributed by atoms with Crippen LogP contribution < -0.4 is 0 Å². The Morgan fingerprint density at radius 3 is 1.31 bits per heavy atom. The second-order valence-corrected chi connectivity index (χ2v) is 3.06. The Morgan fingerprint density at radius 1 is 0.688 bits per heavy atom. The number of ketones is 1. The van der Waals surface area contributed by atoms with Gasteiger partial charge in [-0.15, -0.1) is 0 Å². The zero-order valence-corrected chi connectivity index (χ0v) is 9.68. The Morgan fingerprint density at radius 2 is 1.00 bits per heavy atom. The molecule has 0 aromatic heterocycles. The van der Waals surface area contributed by atoms with Gasteiger partial charge in [0.05, 0.1) is 0 Å². The molecule has 0 bridgehead atoms. The molecule has 2 aromatic carbocycles. The molecule has 2 rings (SSSR count). The maximum absolute atomic E-state index is 11.8. The van der Waals surface area contributed by atoms with Crippen molar-refractivity contribution in [2.75, 3.05) is 0 Å². The zero-order valence-electron chi connectivity index (χ0n) is 9.68. The number of carbonyl (C=O) groups is 1. The third-order valence-electron chi connectivity index (χ3n) is 2.07. The second-order valence-electron chi connectivity index (χ2n) is 3.06. The van der Waals surface area contributed by atoms with Gasteiger partial charge in [-0.1, -0.05) is 74.5 Å². The molecule has 0 fully saturated rings. The van der Waals surface area contributed by atoms with Crippen LogP contribution in [0.1, 0.15) is 29.8 Å². The van der Waals surface area contributed by atoms with Gasteiger partial charge in [-0.05, 0) is 0 Å². The van der Waals surface area contributed by atoms with E-state index in [0.29, 0.717) is 0 Å². The van der Waals surface area contributed by atoms with Crippen molar-refractivity contribution in [2.45, 2.75) is 13.8 Å². The summed E-state index contributed by atoms with van der Waals surface area (Å²) in [5, 5.41) is 0. The quantitative estimate of drug-likeness (QED) is 0.689. The summed E-state index contributed by atoms with van der Waals surface area (Å²) in [5.41, 5.74) is 1.47. The molecule has 0 heterocycles. The van der Waals surface area contributed by atoms with Crippen LogP contribution in [0.4, 0.5) is 0 Å². The molecule has 1 nitrogen and oxygen atoms in total. The van der Waals surface area contributed by atoms with E-state index in [9.17, 15) is 4.79 Å². The minimum atomic E-state index is 0.0752. The first kappa shape index (κ1) is 12.2. The number of rotatable bonds is 2. The lowest BCUT2D eigenvalue weighted by atomic mass is 10.0. The van der Waals surface area contributed by atoms with E-state index in [1.165, 1.54) is 0 Å². The standard InChI is InChI=1S/C13H10O.C2H6/c14-13(11-7-3-1-4-8-11)12-9-5-2-6-10-12;1-2/h1-10H;1-2H3. The molecule has 0 amide bonds. The smallest absolute Gasteiger partial charge is 0.193 e. The van der Waals surface area contributed by atoms with Crippen molar-refractivity contribution in [2.24, 2.45) is 0 Å². The van der Waals surface area contributed by atoms with E-state index in [0.717, 1.165) is 11.1 Å². The predicted octanol–water partition coefficient (Wildman–Crippen LogP) is 3.94. The lowest BCUT2D eigenvalue weighted by molar-refractivity contribution is 0.103. The Bertz CT molecular complexity index is 376. The molecule has 0 spiro atoms. The molecule has 0 radical (unpaired) electrons. The highest BCUT2D eigenvalue weighted by atomic mass is 16.1. The maximum atomic E-state index is 11.8. The van der Waals surface area contributed by atoms with Crippen molar-refractivity contribution in [1.29, 1.82) is 0 Å². The Hall–Kier alpha value is -1.89. The molecule has 0 saturated carbocycles. The monoisotopic (exact) mass is 212 g/mol. The van der Waals surface area contributed by atoms with E-state index in [4.69, 9.17) is 0 Å². The summed E-state index contributed by atoms with van der Waals surface area (Å²) in [6.45, 7) is 4.00. The fourth-order valence-corrected chi connectivity index (χ4v) is 1.35. The number of benzene rings is 2. The molecule has 0 aliphatic heterocycles. The average molecular weight is 212 g/mol. The van der Waals surface area contributed by atoms with Crippen LogP contribution in [0.25, 0.3) is 0 Å². The van der Waals surface area contributed by atoms with Crippen molar-refractivity contribution in [1.82, 2.24) is 0 Å². The molecule has 0 N–H and O–H groups in total. The summed E-state index contributed by atoms with van der Waals surface area (Å²) in [4.78, 5) is 11.8. The summed E-state index contributed by atoms with van der Waals surface area (Å²) in [6.07, 6.45) is 0. The number of hydrogen-bond donors (Lipinski definition) is 0. The van der Waals surface area contributed by atoms with Gasteiger partial charge in [0.25, 0.3) is 0 Å². The lowest BCUT2D eigenvalue weighted by Gasteiger charge is -1.99. The summed E-state index contributed by atoms with van der Waals surface area (Å²) >= 11 is 0. The summed E-state index contributed by atoms with van der Waals surface area (Å²) < 4.78 is 0. The van der Waals surface area contributed by atoms with Gasteiger partial charge in [-0.25, -0.2) is 0 Å². The van der Waals surface area contributed by atoms with E-state index in [2.05, 4.69) is 0 Å². The van der Waals surface area contributed by atoms with Gasteiger partial charge in [0.15, 0.2) is 5.78 Å². The molecule has 16 heavy (non-hydrogen) atoms. The lowest BCUT2D eigenvalue weighted by Crippen LogP contribution is -1.99. The maximum Gasteiger partial charge on any atom is 0.193 e. The largest absolute Gasteiger partial charge is 0.289 e. The van der Waals surface area contributed by atoms with Gasteiger partial charge in [0.2, 0.25) is 0 Å². The van der Waals surface area contributed by atoms with Gasteiger partial charge < -0.3 is 0 Å². The van der Waals surface area contributed by atoms with Crippen LogP contribution in [0.3, 0.4) is 0 Å². The van der Waals surface area contributed by atoms with Gasteiger partial charge >= 0.3 is 0 Å². The van der Waals surface area contributed by atoms with Crippen molar-refractivity contribution in [3.05, 3.63) is 71.8 Å². The average Bonchev–Trinajstić information content (AvgIpc) is 2.42. The summed E-state index contributed by atoms with van der Waals surface area (Å²) in [6, 6.07) is 18.6. The third kappa shape index (κ3) is 3.06. The van der Waals surface area contributed by atoms with Crippen LogP contribution in [-0.4, -0.2) is 5.78 Å². The molecule has 0 saturated heterocycles. The Balaban J connectivity index is 0.000000606. The van der Waals surface area contributed by atoms with Crippen LogP contribution in [0.15, 0.2) is 60.7 Å². The van der Waals surface area contributed by atoms with E-state index >= 15 is 0 Å². The summed E-state index contributed by atoms with van der Waals surface area (Å²) in [7, 11) is 0. The van der Waals surface area contributed by atoms with E-state index in [1.807, 2.05) is 74.5 Å². The topological polar surface area (TPSA) is 17.1 Å². The predicted molar refractivity (Wildman–Crippen MR) is 67.7 cm³/mol. The van der Waals surface area contributed by atoms with Crippen LogP contribution >= 0.6 is 0 Å². The fourth-order valence-electron chi connectivity index (χ4n) is 1.35. The Labute approximate surface area is 96.8 Å². The second kappa shape index (κ2) is 6.57. The van der Waals surface area contributed by atoms with Crippen molar-refractivity contribution in [3.8, 4) is 0 Å². The molecule has 2 aromatic rings. The number of carbonyl (C=O) groups excluding carboxylic acids is 1. The van der Waals surface area contributed by atoms with Crippen molar-refractivity contribution < 1.29 is 4.79 Å². The van der Waals surface area contributed by atoms with Crippen LogP contribution in [-0.2, 0) is 0 Å². The highest BCUT2D eigenvalue weighted by Gasteiger charge is 2.06. The summed E-state index contributed by atoms with van der Waals surface area (Å²) in [5.74, 6) is 0.0752. The molecule has 1 heteroatoms. The first-order chi connectivity index (χ1) is 7.88. The highest BCUT2D eigenvalue weighted by molar-refractivity contribution is 6.08. The molecular weight excluding hydrogens is 196 g/mol. The van der Waals surface area contributed by atoms with Gasteiger partial charge in [-0.2, -0.15) is 0 Å². The van der Waals surface area contributed by atoms with Gasteiger partial charge in [-0.3, -0.25) is 4.79 Å². The van der Waals surface area contributed by atoms with Gasteiger partial charge in [0, 0.05) is 11.1 Å². The minimum absolute atomic E-state index is 0.0752. The Kier molecular flexibility index (Phi) is 5.00. The van der Waals surface area contributed by atoms with E-state index in [1.54, 1.807) is 0 Å². The molecule has 0 aliphatic rings.